The lowest BCUT2D eigenvalue weighted by Gasteiger charge is -2.10. The molecule has 0 aliphatic heterocycles. The van der Waals surface area contributed by atoms with Crippen LogP contribution in [0.25, 0.3) is 5.95 Å². The summed E-state index contributed by atoms with van der Waals surface area (Å²) in [6.07, 6.45) is 0.601. The molecule has 3 aromatic rings. The van der Waals surface area contributed by atoms with Crippen molar-refractivity contribution in [3.8, 4) is 5.95 Å². The van der Waals surface area contributed by atoms with Gasteiger partial charge in [-0.25, -0.2) is 4.98 Å². The number of aryl methyl sites for hydroxylation is 3. The van der Waals surface area contributed by atoms with Crippen LogP contribution >= 0.6 is 0 Å². The lowest BCUT2D eigenvalue weighted by Crippen LogP contribution is -2.22. The van der Waals surface area contributed by atoms with Crippen LogP contribution in [0.2, 0.25) is 0 Å². The summed E-state index contributed by atoms with van der Waals surface area (Å²) >= 11 is 0. The molecule has 2 heterocycles. The van der Waals surface area contributed by atoms with E-state index in [2.05, 4.69) is 20.4 Å². The molecular weight excluding hydrogens is 330 g/mol. The highest BCUT2D eigenvalue weighted by molar-refractivity contribution is 6.03. The molecule has 0 radical (unpaired) electrons. The molecule has 0 spiro atoms. The number of amides is 1. The van der Waals surface area contributed by atoms with E-state index in [4.69, 9.17) is 0 Å². The Morgan fingerprint density at radius 2 is 1.88 bits per heavy atom. The fourth-order valence-electron chi connectivity index (χ4n) is 2.76. The van der Waals surface area contributed by atoms with Crippen LogP contribution < -0.4 is 10.9 Å². The minimum absolute atomic E-state index is 0.195. The van der Waals surface area contributed by atoms with Crippen molar-refractivity contribution < 1.29 is 4.79 Å². The number of aromatic amines is 1. The van der Waals surface area contributed by atoms with Gasteiger partial charge in [0.05, 0.1) is 5.69 Å². The van der Waals surface area contributed by atoms with E-state index in [-0.39, 0.29) is 17.4 Å². The third-order valence-electron chi connectivity index (χ3n) is 4.15. The highest BCUT2D eigenvalue weighted by Gasteiger charge is 2.15. The molecule has 26 heavy (non-hydrogen) atoms. The number of anilines is 1. The van der Waals surface area contributed by atoms with E-state index in [0.717, 1.165) is 5.56 Å². The van der Waals surface area contributed by atoms with Crippen LogP contribution in [0.1, 0.15) is 39.8 Å². The number of aromatic nitrogens is 4. The van der Waals surface area contributed by atoms with Gasteiger partial charge < -0.3 is 5.32 Å². The summed E-state index contributed by atoms with van der Waals surface area (Å²) in [5.41, 5.74) is 3.41. The van der Waals surface area contributed by atoms with Crippen LogP contribution in [0.4, 0.5) is 5.82 Å². The molecule has 0 unspecified atom stereocenters. The number of nitrogens with zero attached hydrogens (tertiary/aromatic N) is 3. The monoisotopic (exact) mass is 351 g/mol. The van der Waals surface area contributed by atoms with Crippen molar-refractivity contribution in [1.29, 1.82) is 0 Å². The molecule has 7 nitrogen and oxygen atoms in total. The zero-order valence-electron chi connectivity index (χ0n) is 15.3. The summed E-state index contributed by atoms with van der Waals surface area (Å²) in [5.74, 6) is 0.465. The number of carbonyl (C=O) groups is 1. The molecule has 134 valence electrons. The van der Waals surface area contributed by atoms with Crippen molar-refractivity contribution in [2.75, 3.05) is 5.32 Å². The molecule has 3 rings (SSSR count). The Morgan fingerprint density at radius 1 is 1.19 bits per heavy atom. The van der Waals surface area contributed by atoms with Crippen molar-refractivity contribution in [3.63, 3.8) is 0 Å². The van der Waals surface area contributed by atoms with Gasteiger partial charge in [-0.3, -0.25) is 14.6 Å². The number of rotatable bonds is 4. The second-order valence-electron chi connectivity index (χ2n) is 6.21. The zero-order valence-corrected chi connectivity index (χ0v) is 15.3. The lowest BCUT2D eigenvalue weighted by atomic mass is 10.1. The highest BCUT2D eigenvalue weighted by Crippen LogP contribution is 2.16. The van der Waals surface area contributed by atoms with Crippen LogP contribution in [0.5, 0.6) is 0 Å². The van der Waals surface area contributed by atoms with E-state index in [1.807, 2.05) is 32.9 Å². The second-order valence-corrected chi connectivity index (χ2v) is 6.21. The van der Waals surface area contributed by atoms with E-state index in [1.54, 1.807) is 25.1 Å². The van der Waals surface area contributed by atoms with E-state index in [1.165, 1.54) is 4.68 Å². The first-order chi connectivity index (χ1) is 12.4. The first-order valence-electron chi connectivity index (χ1n) is 8.44. The molecule has 1 aromatic carbocycles. The molecule has 0 saturated carbocycles. The maximum Gasteiger partial charge on any atom is 0.256 e. The van der Waals surface area contributed by atoms with Gasteiger partial charge in [-0.05, 0) is 39.3 Å². The van der Waals surface area contributed by atoms with Gasteiger partial charge >= 0.3 is 0 Å². The van der Waals surface area contributed by atoms with E-state index in [0.29, 0.717) is 34.8 Å². The standard InChI is InChI=1S/C19H21N5O2/c1-5-15-13(4)20-19(22-18(15)26)24-16(10-12(3)23-24)21-17(25)14-8-6-11(2)7-9-14/h6-10H,5H2,1-4H3,(H,21,25)(H,20,22,26). The Bertz CT molecular complexity index is 1020. The Labute approximate surface area is 151 Å². The summed E-state index contributed by atoms with van der Waals surface area (Å²) in [6.45, 7) is 7.47. The van der Waals surface area contributed by atoms with Crippen molar-refractivity contribution in [2.45, 2.75) is 34.1 Å². The second kappa shape index (κ2) is 6.95. The van der Waals surface area contributed by atoms with Crippen LogP contribution in [0.3, 0.4) is 0 Å². The van der Waals surface area contributed by atoms with Gasteiger partial charge in [0, 0.05) is 22.9 Å². The van der Waals surface area contributed by atoms with Crippen LogP contribution in [-0.4, -0.2) is 25.7 Å². The molecule has 0 fully saturated rings. The average molecular weight is 351 g/mol. The Kier molecular flexibility index (Phi) is 4.71. The molecular formula is C19H21N5O2. The first kappa shape index (κ1) is 17.6. The molecule has 0 bridgehead atoms. The average Bonchev–Trinajstić information content (AvgIpc) is 2.95. The summed E-state index contributed by atoms with van der Waals surface area (Å²) in [5, 5.41) is 7.18. The van der Waals surface area contributed by atoms with Crippen LogP contribution in [-0.2, 0) is 6.42 Å². The number of nitrogens with one attached hydrogen (secondary N) is 2. The molecule has 2 aromatic heterocycles. The van der Waals surface area contributed by atoms with Crippen molar-refractivity contribution in [1.82, 2.24) is 19.7 Å². The SMILES string of the molecule is CCc1c(C)nc(-n2nc(C)cc2NC(=O)c2ccc(C)cc2)[nH]c1=O. The minimum Gasteiger partial charge on any atom is -0.306 e. The number of carbonyl (C=O) groups excluding carboxylic acids is 1. The summed E-state index contributed by atoms with van der Waals surface area (Å²) in [6, 6.07) is 9.01. The van der Waals surface area contributed by atoms with E-state index < -0.39 is 0 Å². The minimum atomic E-state index is -0.254. The molecule has 0 aliphatic carbocycles. The number of benzene rings is 1. The van der Waals surface area contributed by atoms with Gasteiger partial charge in [-0.15, -0.1) is 0 Å². The molecule has 0 atom stereocenters. The first-order valence-corrected chi connectivity index (χ1v) is 8.44. The maximum atomic E-state index is 12.5. The quantitative estimate of drug-likeness (QED) is 0.756. The fourth-order valence-corrected chi connectivity index (χ4v) is 2.76. The maximum absolute atomic E-state index is 12.5. The summed E-state index contributed by atoms with van der Waals surface area (Å²) in [7, 11) is 0. The van der Waals surface area contributed by atoms with Crippen molar-refractivity contribution in [2.24, 2.45) is 0 Å². The number of H-pyrrole nitrogens is 1. The Hall–Kier alpha value is -3.22. The van der Waals surface area contributed by atoms with Gasteiger partial charge in [-0.2, -0.15) is 9.78 Å². The molecule has 2 N–H and O–H groups in total. The lowest BCUT2D eigenvalue weighted by molar-refractivity contribution is 0.102. The summed E-state index contributed by atoms with van der Waals surface area (Å²) < 4.78 is 1.44. The van der Waals surface area contributed by atoms with E-state index >= 15 is 0 Å². The Morgan fingerprint density at radius 3 is 2.50 bits per heavy atom. The van der Waals surface area contributed by atoms with Gasteiger partial charge in [0.15, 0.2) is 0 Å². The van der Waals surface area contributed by atoms with Gasteiger partial charge in [0.1, 0.15) is 5.82 Å². The van der Waals surface area contributed by atoms with Crippen molar-refractivity contribution >= 4 is 11.7 Å². The summed E-state index contributed by atoms with van der Waals surface area (Å²) in [4.78, 5) is 31.9. The smallest absolute Gasteiger partial charge is 0.256 e. The topological polar surface area (TPSA) is 92.7 Å². The van der Waals surface area contributed by atoms with E-state index in [9.17, 15) is 9.59 Å². The Balaban J connectivity index is 1.97. The van der Waals surface area contributed by atoms with Crippen LogP contribution in [0.15, 0.2) is 35.1 Å². The molecule has 7 heteroatoms. The fraction of sp³-hybridized carbons (Fsp3) is 0.263. The normalized spacial score (nSPS) is 10.8. The molecule has 1 amide bonds. The molecule has 0 aliphatic rings. The molecule has 0 saturated heterocycles. The van der Waals surface area contributed by atoms with Gasteiger partial charge in [0.2, 0.25) is 5.95 Å². The van der Waals surface area contributed by atoms with Gasteiger partial charge in [-0.1, -0.05) is 24.6 Å². The van der Waals surface area contributed by atoms with Crippen molar-refractivity contribution in [3.05, 3.63) is 68.8 Å². The largest absolute Gasteiger partial charge is 0.306 e. The highest BCUT2D eigenvalue weighted by atomic mass is 16.1. The zero-order chi connectivity index (χ0) is 18.8. The third-order valence-corrected chi connectivity index (χ3v) is 4.15. The van der Waals surface area contributed by atoms with Crippen LogP contribution in [0, 0.1) is 20.8 Å². The predicted octanol–water partition coefficient (Wildman–Crippen LogP) is 2.70. The predicted molar refractivity (Wildman–Crippen MR) is 100.0 cm³/mol. The number of hydrogen-bond acceptors (Lipinski definition) is 4. The third kappa shape index (κ3) is 3.42. The number of hydrogen-bond donors (Lipinski definition) is 2. The van der Waals surface area contributed by atoms with Gasteiger partial charge in [0.25, 0.3) is 11.5 Å².